The monoisotopic (exact) mass is 335 g/mol. The highest BCUT2D eigenvalue weighted by molar-refractivity contribution is 6.04. The maximum absolute atomic E-state index is 12.2. The molecule has 0 atom stereocenters. The highest BCUT2D eigenvalue weighted by Crippen LogP contribution is 2.18. The maximum Gasteiger partial charge on any atom is 0.387 e. The number of hydrogen-bond acceptors (Lipinski definition) is 3. The van der Waals surface area contributed by atoms with E-state index < -0.39 is 6.61 Å². The van der Waals surface area contributed by atoms with Gasteiger partial charge in [0, 0.05) is 11.3 Å². The molecule has 128 valence electrons. The van der Waals surface area contributed by atoms with Crippen molar-refractivity contribution in [2.45, 2.75) is 33.2 Å². The molecule has 0 aliphatic carbocycles. The van der Waals surface area contributed by atoms with Crippen LogP contribution in [0, 0.1) is 0 Å². The number of carbonyl (C=O) groups excluding carboxylic acids is 1. The maximum atomic E-state index is 12.2. The van der Waals surface area contributed by atoms with Crippen molar-refractivity contribution in [3.8, 4) is 5.75 Å². The molecule has 0 radical (unpaired) electrons. The Bertz CT molecular complexity index is 655. The Morgan fingerprint density at radius 3 is 2.21 bits per heavy atom. The van der Waals surface area contributed by atoms with E-state index in [1.807, 2.05) is 26.0 Å². The summed E-state index contributed by atoms with van der Waals surface area (Å²) in [5.41, 5.74) is 1.97. The third kappa shape index (κ3) is 5.62. The van der Waals surface area contributed by atoms with Gasteiger partial charge in [0.2, 0.25) is 0 Å². The molecule has 0 bridgehead atoms. The molecule has 0 aromatic heterocycles. The minimum Gasteiger partial charge on any atom is -0.435 e. The van der Waals surface area contributed by atoms with E-state index in [0.717, 1.165) is 5.56 Å². The molecule has 0 saturated carbocycles. The summed E-state index contributed by atoms with van der Waals surface area (Å²) in [6.45, 7) is 1.54. The van der Waals surface area contributed by atoms with Crippen molar-refractivity contribution in [1.82, 2.24) is 0 Å². The van der Waals surface area contributed by atoms with Gasteiger partial charge in [0.15, 0.2) is 0 Å². The van der Waals surface area contributed by atoms with Crippen LogP contribution in [-0.4, -0.2) is 18.6 Å². The number of rotatable bonds is 7. The second kappa shape index (κ2) is 8.40. The van der Waals surface area contributed by atoms with E-state index >= 15 is 0 Å². The zero-order chi connectivity index (χ0) is 17.5. The first kappa shape index (κ1) is 17.9. The van der Waals surface area contributed by atoms with E-state index in [2.05, 4.69) is 10.1 Å². The molecule has 1 N–H and O–H groups in total. The average molecular weight is 335 g/mol. The number of ether oxygens (including phenoxy) is 2. The van der Waals surface area contributed by atoms with Crippen molar-refractivity contribution in [3.63, 3.8) is 0 Å². The number of hydrogen-bond donors (Lipinski definition) is 1. The summed E-state index contributed by atoms with van der Waals surface area (Å²) >= 11 is 0. The number of carbonyl (C=O) groups is 1. The van der Waals surface area contributed by atoms with E-state index in [-0.39, 0.29) is 17.8 Å². The van der Waals surface area contributed by atoms with Crippen molar-refractivity contribution in [3.05, 3.63) is 59.7 Å². The summed E-state index contributed by atoms with van der Waals surface area (Å²) in [5.74, 6) is -0.244. The molecule has 0 aliphatic heterocycles. The van der Waals surface area contributed by atoms with Gasteiger partial charge in [-0.1, -0.05) is 12.1 Å². The van der Waals surface area contributed by atoms with Crippen molar-refractivity contribution in [1.29, 1.82) is 0 Å². The van der Waals surface area contributed by atoms with Gasteiger partial charge >= 0.3 is 6.61 Å². The minimum atomic E-state index is -2.87. The molecule has 0 aliphatic rings. The number of halogens is 2. The largest absolute Gasteiger partial charge is 0.435 e. The Balaban J connectivity index is 1.94. The average Bonchev–Trinajstić information content (AvgIpc) is 2.54. The van der Waals surface area contributed by atoms with E-state index in [1.165, 1.54) is 24.3 Å². The van der Waals surface area contributed by atoms with Crippen LogP contribution in [0.25, 0.3) is 0 Å². The van der Waals surface area contributed by atoms with Crippen LogP contribution in [-0.2, 0) is 11.3 Å². The molecule has 6 heteroatoms. The lowest BCUT2D eigenvalue weighted by atomic mass is 10.1. The first-order valence-electron chi connectivity index (χ1n) is 7.51. The van der Waals surface area contributed by atoms with Gasteiger partial charge in [-0.05, 0) is 55.8 Å². The number of benzene rings is 2. The molecule has 2 aromatic rings. The quantitative estimate of drug-likeness (QED) is 0.812. The van der Waals surface area contributed by atoms with Gasteiger partial charge in [-0.25, -0.2) is 0 Å². The lowest BCUT2D eigenvalue weighted by molar-refractivity contribution is -0.0498. The molecule has 2 rings (SSSR count). The molecule has 4 nitrogen and oxygen atoms in total. The Morgan fingerprint density at radius 1 is 1.04 bits per heavy atom. The van der Waals surface area contributed by atoms with Gasteiger partial charge < -0.3 is 14.8 Å². The number of nitrogens with one attached hydrogen (secondary N) is 1. The zero-order valence-corrected chi connectivity index (χ0v) is 13.5. The summed E-state index contributed by atoms with van der Waals surface area (Å²) in [6.07, 6.45) is 0.144. The van der Waals surface area contributed by atoms with Crippen molar-refractivity contribution >= 4 is 11.6 Å². The standard InChI is InChI=1S/C18H19F2NO3/c1-12(2)23-11-13-3-5-14(6-4-13)17(22)21-15-7-9-16(10-8-15)24-18(19)20/h3-10,12,18H,11H2,1-2H3,(H,21,22). The van der Waals surface area contributed by atoms with Crippen molar-refractivity contribution in [2.75, 3.05) is 5.32 Å². The Morgan fingerprint density at radius 2 is 1.67 bits per heavy atom. The van der Waals surface area contributed by atoms with Crippen LogP contribution in [0.3, 0.4) is 0 Å². The third-order valence-corrected chi connectivity index (χ3v) is 3.14. The summed E-state index contributed by atoms with van der Waals surface area (Å²) in [4.78, 5) is 12.2. The molecule has 0 saturated heterocycles. The van der Waals surface area contributed by atoms with Crippen LogP contribution in [0.4, 0.5) is 14.5 Å². The van der Waals surface area contributed by atoms with Gasteiger partial charge in [0.25, 0.3) is 5.91 Å². The topological polar surface area (TPSA) is 47.6 Å². The summed E-state index contributed by atoms with van der Waals surface area (Å²) < 4.78 is 33.9. The Labute approximate surface area is 139 Å². The van der Waals surface area contributed by atoms with Crippen molar-refractivity contribution in [2.24, 2.45) is 0 Å². The number of anilines is 1. The number of amides is 1. The summed E-state index contributed by atoms with van der Waals surface area (Å²) in [6, 6.07) is 12.8. The fourth-order valence-corrected chi connectivity index (χ4v) is 1.94. The van der Waals surface area contributed by atoms with Crippen LogP contribution >= 0.6 is 0 Å². The van der Waals surface area contributed by atoms with E-state index in [4.69, 9.17) is 4.74 Å². The van der Waals surface area contributed by atoms with Gasteiger partial charge in [-0.2, -0.15) is 8.78 Å². The molecular formula is C18H19F2NO3. The molecular weight excluding hydrogens is 316 g/mol. The smallest absolute Gasteiger partial charge is 0.387 e. The third-order valence-electron chi connectivity index (χ3n) is 3.14. The molecule has 0 spiro atoms. The Kier molecular flexibility index (Phi) is 6.26. The summed E-state index contributed by atoms with van der Waals surface area (Å²) in [7, 11) is 0. The van der Waals surface area contributed by atoms with Crippen LogP contribution in [0.1, 0.15) is 29.8 Å². The second-order valence-corrected chi connectivity index (χ2v) is 5.41. The highest BCUT2D eigenvalue weighted by atomic mass is 19.3. The molecule has 0 fully saturated rings. The van der Waals surface area contributed by atoms with Crippen LogP contribution in [0.5, 0.6) is 5.75 Å². The molecule has 0 heterocycles. The number of alkyl halides is 2. The van der Waals surface area contributed by atoms with Gasteiger partial charge in [-0.15, -0.1) is 0 Å². The SMILES string of the molecule is CC(C)OCc1ccc(C(=O)Nc2ccc(OC(F)F)cc2)cc1. The van der Waals surface area contributed by atoms with Crippen molar-refractivity contribution < 1.29 is 23.0 Å². The molecule has 1 amide bonds. The molecule has 2 aromatic carbocycles. The van der Waals surface area contributed by atoms with E-state index in [9.17, 15) is 13.6 Å². The van der Waals surface area contributed by atoms with Gasteiger partial charge in [-0.3, -0.25) is 4.79 Å². The van der Waals surface area contributed by atoms with E-state index in [0.29, 0.717) is 17.9 Å². The van der Waals surface area contributed by atoms with E-state index in [1.54, 1.807) is 12.1 Å². The molecule has 24 heavy (non-hydrogen) atoms. The molecule has 0 unspecified atom stereocenters. The van der Waals surface area contributed by atoms with Crippen LogP contribution in [0.2, 0.25) is 0 Å². The highest BCUT2D eigenvalue weighted by Gasteiger charge is 2.08. The van der Waals surface area contributed by atoms with Gasteiger partial charge in [0.1, 0.15) is 5.75 Å². The van der Waals surface area contributed by atoms with Crippen LogP contribution < -0.4 is 10.1 Å². The zero-order valence-electron chi connectivity index (χ0n) is 13.5. The minimum absolute atomic E-state index is 0.0394. The first-order chi connectivity index (χ1) is 11.4. The Hall–Kier alpha value is -2.47. The first-order valence-corrected chi connectivity index (χ1v) is 7.51. The summed E-state index contributed by atoms with van der Waals surface area (Å²) in [5, 5.41) is 2.70. The lowest BCUT2D eigenvalue weighted by Crippen LogP contribution is -2.12. The predicted octanol–water partition coefficient (Wildman–Crippen LogP) is 4.47. The fourth-order valence-electron chi connectivity index (χ4n) is 1.94. The van der Waals surface area contributed by atoms with Crippen LogP contribution in [0.15, 0.2) is 48.5 Å². The normalized spacial score (nSPS) is 10.9. The lowest BCUT2D eigenvalue weighted by Gasteiger charge is -2.09. The predicted molar refractivity (Wildman–Crippen MR) is 87.4 cm³/mol. The fraction of sp³-hybridized carbons (Fsp3) is 0.278. The van der Waals surface area contributed by atoms with Gasteiger partial charge in [0.05, 0.1) is 12.7 Å². The second-order valence-electron chi connectivity index (χ2n) is 5.41.